The largest absolute Gasteiger partial charge is 0.492 e. The van der Waals surface area contributed by atoms with Crippen molar-refractivity contribution in [1.29, 1.82) is 0 Å². The van der Waals surface area contributed by atoms with Crippen LogP contribution >= 0.6 is 0 Å². The normalized spacial score (nSPS) is 11.6. The minimum absolute atomic E-state index is 0.744. The first-order valence-corrected chi connectivity index (χ1v) is 6.73. The van der Waals surface area contributed by atoms with Crippen molar-refractivity contribution in [2.75, 3.05) is 19.7 Å². The maximum Gasteiger partial charge on any atom is 0.138 e. The maximum atomic E-state index is 5.59. The van der Waals surface area contributed by atoms with Gasteiger partial charge in [-0.15, -0.1) is 0 Å². The zero-order chi connectivity index (χ0) is 13.2. The molecule has 0 aliphatic rings. The van der Waals surface area contributed by atoms with E-state index in [9.17, 15) is 0 Å². The van der Waals surface area contributed by atoms with Gasteiger partial charge in [-0.25, -0.2) is 0 Å². The lowest BCUT2D eigenvalue weighted by atomic mass is 10.1. The molecule has 0 unspecified atom stereocenters. The quantitative estimate of drug-likeness (QED) is 0.717. The molecule has 1 aromatic rings. The summed E-state index contributed by atoms with van der Waals surface area (Å²) in [4.78, 5) is 4.22. The lowest BCUT2D eigenvalue weighted by Gasteiger charge is -2.07. The Kier molecular flexibility index (Phi) is 7.11. The Bertz CT molecular complexity index is 375. The second-order valence-electron chi connectivity index (χ2n) is 4.29. The number of pyridine rings is 1. The standard InChI is InChI=1S/C15H24N2O/c1-4-9-18-15-10-14(11-17-12-15)13(3)7-6-8-16-5-2/h7,10-12,16H,4-6,8-9H2,1-3H3/b13-7+. The summed E-state index contributed by atoms with van der Waals surface area (Å²) < 4.78 is 5.59. The highest BCUT2D eigenvalue weighted by Gasteiger charge is 1.99. The van der Waals surface area contributed by atoms with Crippen LogP contribution in [0.25, 0.3) is 5.57 Å². The molecule has 100 valence electrons. The van der Waals surface area contributed by atoms with Crippen LogP contribution in [-0.2, 0) is 0 Å². The number of hydrogen-bond donors (Lipinski definition) is 1. The Balaban J connectivity index is 2.58. The van der Waals surface area contributed by atoms with E-state index in [0.717, 1.165) is 43.9 Å². The fourth-order valence-electron chi connectivity index (χ4n) is 1.62. The number of aromatic nitrogens is 1. The summed E-state index contributed by atoms with van der Waals surface area (Å²) in [5.41, 5.74) is 2.39. The summed E-state index contributed by atoms with van der Waals surface area (Å²) in [5.74, 6) is 0.855. The van der Waals surface area contributed by atoms with Crippen LogP contribution in [0.15, 0.2) is 24.5 Å². The van der Waals surface area contributed by atoms with Gasteiger partial charge >= 0.3 is 0 Å². The second-order valence-corrected chi connectivity index (χ2v) is 4.29. The first-order valence-electron chi connectivity index (χ1n) is 6.73. The molecule has 0 bridgehead atoms. The molecule has 3 nitrogen and oxygen atoms in total. The van der Waals surface area contributed by atoms with E-state index in [1.54, 1.807) is 6.20 Å². The fourth-order valence-corrected chi connectivity index (χ4v) is 1.62. The van der Waals surface area contributed by atoms with E-state index in [-0.39, 0.29) is 0 Å². The lowest BCUT2D eigenvalue weighted by Crippen LogP contribution is -2.13. The van der Waals surface area contributed by atoms with Gasteiger partial charge < -0.3 is 10.1 Å². The molecule has 0 radical (unpaired) electrons. The molecule has 0 aliphatic carbocycles. The molecule has 0 aliphatic heterocycles. The molecule has 18 heavy (non-hydrogen) atoms. The highest BCUT2D eigenvalue weighted by molar-refractivity contribution is 5.63. The SMILES string of the molecule is CCCOc1cncc(/C(C)=C/CCNCC)c1. The molecule has 0 spiro atoms. The molecular formula is C15H24N2O. The summed E-state index contributed by atoms with van der Waals surface area (Å²) in [6.45, 7) is 9.13. The molecule has 1 aromatic heterocycles. The second kappa shape index (κ2) is 8.70. The van der Waals surface area contributed by atoms with Gasteiger partial charge in [-0.05, 0) is 50.1 Å². The monoisotopic (exact) mass is 248 g/mol. The zero-order valence-electron chi connectivity index (χ0n) is 11.7. The van der Waals surface area contributed by atoms with E-state index in [0.29, 0.717) is 0 Å². The molecular weight excluding hydrogens is 224 g/mol. The minimum atomic E-state index is 0.744. The Labute approximate surface area is 110 Å². The van der Waals surface area contributed by atoms with Gasteiger partial charge in [0.05, 0.1) is 12.8 Å². The number of nitrogens with zero attached hydrogens (tertiary/aromatic N) is 1. The average molecular weight is 248 g/mol. The van der Waals surface area contributed by atoms with E-state index in [4.69, 9.17) is 4.74 Å². The molecule has 3 heteroatoms. The van der Waals surface area contributed by atoms with Crippen LogP contribution in [0.3, 0.4) is 0 Å². The molecule has 0 fully saturated rings. The van der Waals surface area contributed by atoms with Gasteiger partial charge in [0, 0.05) is 6.20 Å². The topological polar surface area (TPSA) is 34.1 Å². The van der Waals surface area contributed by atoms with Crippen molar-refractivity contribution in [3.63, 3.8) is 0 Å². The van der Waals surface area contributed by atoms with Gasteiger partial charge in [0.25, 0.3) is 0 Å². The predicted octanol–water partition coefficient (Wildman–Crippen LogP) is 3.27. The number of hydrogen-bond acceptors (Lipinski definition) is 3. The minimum Gasteiger partial charge on any atom is -0.492 e. The number of ether oxygens (including phenoxy) is 1. The molecule has 0 saturated heterocycles. The average Bonchev–Trinajstić information content (AvgIpc) is 2.41. The predicted molar refractivity (Wildman–Crippen MR) is 76.8 cm³/mol. The fraction of sp³-hybridized carbons (Fsp3) is 0.533. The van der Waals surface area contributed by atoms with E-state index >= 15 is 0 Å². The van der Waals surface area contributed by atoms with Gasteiger partial charge in [0.15, 0.2) is 0 Å². The summed E-state index contributed by atoms with van der Waals surface area (Å²) in [6.07, 6.45) is 7.95. The van der Waals surface area contributed by atoms with Gasteiger partial charge in [-0.1, -0.05) is 19.9 Å². The lowest BCUT2D eigenvalue weighted by molar-refractivity contribution is 0.316. The molecule has 0 aromatic carbocycles. The molecule has 1 heterocycles. The molecule has 0 saturated carbocycles. The van der Waals surface area contributed by atoms with Crippen molar-refractivity contribution in [3.05, 3.63) is 30.1 Å². The third-order valence-electron chi connectivity index (χ3n) is 2.66. The molecule has 1 rings (SSSR count). The van der Waals surface area contributed by atoms with Crippen molar-refractivity contribution >= 4 is 5.57 Å². The Morgan fingerprint density at radius 3 is 2.94 bits per heavy atom. The summed E-state index contributed by atoms with van der Waals surface area (Å²) in [7, 11) is 0. The van der Waals surface area contributed by atoms with Gasteiger partial charge in [0.1, 0.15) is 5.75 Å². The van der Waals surface area contributed by atoms with Crippen molar-refractivity contribution in [1.82, 2.24) is 10.3 Å². The van der Waals surface area contributed by atoms with Gasteiger partial charge in [0.2, 0.25) is 0 Å². The van der Waals surface area contributed by atoms with Crippen LogP contribution in [0.2, 0.25) is 0 Å². The van der Waals surface area contributed by atoms with Crippen molar-refractivity contribution in [3.8, 4) is 5.75 Å². The van der Waals surface area contributed by atoms with Crippen LogP contribution in [-0.4, -0.2) is 24.7 Å². The zero-order valence-corrected chi connectivity index (χ0v) is 11.7. The van der Waals surface area contributed by atoms with Crippen LogP contribution < -0.4 is 10.1 Å². The van der Waals surface area contributed by atoms with Crippen LogP contribution in [0, 0.1) is 0 Å². The van der Waals surface area contributed by atoms with Crippen molar-refractivity contribution in [2.24, 2.45) is 0 Å². The van der Waals surface area contributed by atoms with Gasteiger partial charge in [-0.3, -0.25) is 4.98 Å². The van der Waals surface area contributed by atoms with E-state index < -0.39 is 0 Å². The van der Waals surface area contributed by atoms with Crippen molar-refractivity contribution in [2.45, 2.75) is 33.6 Å². The molecule has 0 amide bonds. The number of allylic oxidation sites excluding steroid dienone is 1. The number of nitrogens with one attached hydrogen (secondary N) is 1. The van der Waals surface area contributed by atoms with Crippen LogP contribution in [0.4, 0.5) is 0 Å². The van der Waals surface area contributed by atoms with E-state index in [2.05, 4.69) is 43.2 Å². The third kappa shape index (κ3) is 5.32. The summed E-state index contributed by atoms with van der Waals surface area (Å²) in [5, 5.41) is 3.31. The summed E-state index contributed by atoms with van der Waals surface area (Å²) >= 11 is 0. The van der Waals surface area contributed by atoms with E-state index in [1.807, 2.05) is 6.20 Å². The first-order chi connectivity index (χ1) is 8.77. The highest BCUT2D eigenvalue weighted by Crippen LogP contribution is 2.18. The van der Waals surface area contributed by atoms with Crippen molar-refractivity contribution < 1.29 is 4.74 Å². The Morgan fingerprint density at radius 1 is 1.39 bits per heavy atom. The van der Waals surface area contributed by atoms with Gasteiger partial charge in [-0.2, -0.15) is 0 Å². The Morgan fingerprint density at radius 2 is 2.22 bits per heavy atom. The molecule has 0 atom stereocenters. The maximum absolute atomic E-state index is 5.59. The van der Waals surface area contributed by atoms with Crippen LogP contribution in [0.5, 0.6) is 5.75 Å². The third-order valence-corrected chi connectivity index (χ3v) is 2.66. The summed E-state index contributed by atoms with van der Waals surface area (Å²) in [6, 6.07) is 2.06. The smallest absolute Gasteiger partial charge is 0.138 e. The first kappa shape index (κ1) is 14.7. The van der Waals surface area contributed by atoms with Crippen LogP contribution in [0.1, 0.15) is 39.2 Å². The molecule has 1 N–H and O–H groups in total. The number of rotatable bonds is 8. The Hall–Kier alpha value is -1.35. The highest BCUT2D eigenvalue weighted by atomic mass is 16.5. The van der Waals surface area contributed by atoms with E-state index in [1.165, 1.54) is 5.57 Å².